The molecule has 0 spiro atoms. The Bertz CT molecular complexity index is 1170. The van der Waals surface area contributed by atoms with Gasteiger partial charge >= 0.3 is 17.9 Å². The average Bonchev–Trinajstić information content (AvgIpc) is 3.23. The SMILES string of the molecule is CC\C=C/C=C\C=C/CCCCCCCCCC(=O)OCC(COC(=O)CCCCCCC/C=C\C/C=C\CC)OC(=O)CCCCCCCCC/C=C\C/C=C\CC. The summed E-state index contributed by atoms with van der Waals surface area (Å²) in [6.45, 7) is 6.25. The van der Waals surface area contributed by atoms with Gasteiger partial charge in [-0.05, 0) is 89.9 Å². The standard InChI is InChI=1S/C53H88O6/c1-4-7-10-13-16-19-22-25-27-29-31-34-37-40-43-46-52(55)58-49-50(48-57-51(54)45-42-39-36-33-30-24-21-18-15-12-9-6-3)59-53(56)47-44-41-38-35-32-28-26-23-20-17-14-11-8-5-2/h7-13,16-22,50H,4-6,14-15,23-49H2,1-3H3/b10-7-,11-8-,12-9-,16-13-,20-17-,21-18-,22-19-. The van der Waals surface area contributed by atoms with Crippen molar-refractivity contribution in [3.05, 3.63) is 85.1 Å². The molecular formula is C53H88O6. The van der Waals surface area contributed by atoms with Crippen molar-refractivity contribution in [2.45, 2.75) is 219 Å². The maximum Gasteiger partial charge on any atom is 0.306 e. The first-order valence-electron chi connectivity index (χ1n) is 24.1. The van der Waals surface area contributed by atoms with Crippen LogP contribution in [0.4, 0.5) is 0 Å². The van der Waals surface area contributed by atoms with E-state index < -0.39 is 6.10 Å². The van der Waals surface area contributed by atoms with E-state index in [2.05, 4.69) is 106 Å². The summed E-state index contributed by atoms with van der Waals surface area (Å²) in [5.74, 6) is -0.931. The third kappa shape index (κ3) is 45.5. The van der Waals surface area contributed by atoms with Crippen LogP contribution in [0.5, 0.6) is 0 Å². The van der Waals surface area contributed by atoms with Gasteiger partial charge in [-0.1, -0.05) is 189 Å². The topological polar surface area (TPSA) is 78.9 Å². The molecule has 0 aliphatic rings. The van der Waals surface area contributed by atoms with E-state index in [4.69, 9.17) is 14.2 Å². The van der Waals surface area contributed by atoms with E-state index in [1.54, 1.807) is 0 Å². The first kappa shape index (κ1) is 55.6. The van der Waals surface area contributed by atoms with Gasteiger partial charge in [-0.3, -0.25) is 14.4 Å². The Labute approximate surface area is 363 Å². The molecule has 0 aromatic carbocycles. The van der Waals surface area contributed by atoms with E-state index in [0.29, 0.717) is 19.3 Å². The summed E-state index contributed by atoms with van der Waals surface area (Å²) in [6, 6.07) is 0. The Morgan fingerprint density at radius 3 is 1.12 bits per heavy atom. The maximum absolute atomic E-state index is 12.8. The van der Waals surface area contributed by atoms with Gasteiger partial charge in [0.05, 0.1) is 0 Å². The second kappa shape index (κ2) is 47.3. The highest BCUT2D eigenvalue weighted by Gasteiger charge is 2.19. The number of carbonyl (C=O) groups is 3. The van der Waals surface area contributed by atoms with Crippen molar-refractivity contribution in [2.24, 2.45) is 0 Å². The molecule has 59 heavy (non-hydrogen) atoms. The third-order valence-electron chi connectivity index (χ3n) is 9.94. The summed E-state index contributed by atoms with van der Waals surface area (Å²) in [6.07, 6.45) is 59.9. The average molecular weight is 821 g/mol. The Morgan fingerprint density at radius 2 is 0.695 bits per heavy atom. The lowest BCUT2D eigenvalue weighted by atomic mass is 10.1. The molecular weight excluding hydrogens is 733 g/mol. The monoisotopic (exact) mass is 821 g/mol. The summed E-state index contributed by atoms with van der Waals surface area (Å²) in [7, 11) is 0. The predicted octanol–water partition coefficient (Wildman–Crippen LogP) is 15.6. The summed E-state index contributed by atoms with van der Waals surface area (Å²) in [5.41, 5.74) is 0. The molecule has 0 N–H and O–H groups in total. The molecule has 0 rings (SSSR count). The zero-order valence-corrected chi connectivity index (χ0v) is 38.2. The van der Waals surface area contributed by atoms with Crippen LogP contribution in [0.15, 0.2) is 85.1 Å². The Kier molecular flexibility index (Phi) is 44.5. The van der Waals surface area contributed by atoms with Gasteiger partial charge in [0.1, 0.15) is 13.2 Å². The molecule has 0 radical (unpaired) electrons. The van der Waals surface area contributed by atoms with Crippen molar-refractivity contribution in [1.29, 1.82) is 0 Å². The molecule has 0 bridgehead atoms. The molecule has 6 nitrogen and oxygen atoms in total. The molecule has 336 valence electrons. The van der Waals surface area contributed by atoms with Crippen molar-refractivity contribution in [3.63, 3.8) is 0 Å². The molecule has 0 saturated carbocycles. The molecule has 0 aliphatic carbocycles. The van der Waals surface area contributed by atoms with Gasteiger partial charge < -0.3 is 14.2 Å². The van der Waals surface area contributed by atoms with E-state index in [-0.39, 0.29) is 31.1 Å². The van der Waals surface area contributed by atoms with Crippen LogP contribution in [-0.2, 0) is 28.6 Å². The van der Waals surface area contributed by atoms with E-state index in [0.717, 1.165) is 122 Å². The first-order valence-corrected chi connectivity index (χ1v) is 24.1. The van der Waals surface area contributed by atoms with Crippen LogP contribution in [0, 0.1) is 0 Å². The zero-order chi connectivity index (χ0) is 43.0. The van der Waals surface area contributed by atoms with Gasteiger partial charge in [0.15, 0.2) is 6.10 Å². The number of hydrogen-bond donors (Lipinski definition) is 0. The van der Waals surface area contributed by atoms with Crippen molar-refractivity contribution in [2.75, 3.05) is 13.2 Å². The normalized spacial score (nSPS) is 12.8. The maximum atomic E-state index is 12.8. The van der Waals surface area contributed by atoms with Crippen LogP contribution in [0.3, 0.4) is 0 Å². The number of rotatable bonds is 42. The highest BCUT2D eigenvalue weighted by atomic mass is 16.6. The lowest BCUT2D eigenvalue weighted by molar-refractivity contribution is -0.167. The predicted molar refractivity (Wildman–Crippen MR) is 251 cm³/mol. The molecule has 6 heteroatoms. The van der Waals surface area contributed by atoms with Gasteiger partial charge in [0.25, 0.3) is 0 Å². The van der Waals surface area contributed by atoms with Crippen LogP contribution < -0.4 is 0 Å². The van der Waals surface area contributed by atoms with E-state index in [1.807, 2.05) is 0 Å². The lowest BCUT2D eigenvalue weighted by Crippen LogP contribution is -2.30. The summed E-state index contributed by atoms with van der Waals surface area (Å²) in [5, 5.41) is 0. The van der Waals surface area contributed by atoms with E-state index in [1.165, 1.54) is 51.4 Å². The minimum absolute atomic E-state index is 0.0918. The van der Waals surface area contributed by atoms with Crippen molar-refractivity contribution in [1.82, 2.24) is 0 Å². The second-order valence-corrected chi connectivity index (χ2v) is 15.6. The molecule has 0 aromatic rings. The fourth-order valence-corrected chi connectivity index (χ4v) is 6.40. The number of ether oxygens (including phenoxy) is 3. The van der Waals surface area contributed by atoms with Crippen LogP contribution in [0.2, 0.25) is 0 Å². The summed E-state index contributed by atoms with van der Waals surface area (Å²) >= 11 is 0. The number of esters is 3. The van der Waals surface area contributed by atoms with E-state index >= 15 is 0 Å². The first-order chi connectivity index (χ1) is 29.0. The van der Waals surface area contributed by atoms with Gasteiger partial charge in [-0.2, -0.15) is 0 Å². The number of carbonyl (C=O) groups excluding carboxylic acids is 3. The minimum Gasteiger partial charge on any atom is -0.462 e. The molecule has 0 aliphatic heterocycles. The molecule has 0 heterocycles. The molecule has 1 atom stereocenters. The zero-order valence-electron chi connectivity index (χ0n) is 38.2. The fourth-order valence-electron chi connectivity index (χ4n) is 6.40. The van der Waals surface area contributed by atoms with Crippen molar-refractivity contribution in [3.8, 4) is 0 Å². The highest BCUT2D eigenvalue weighted by Crippen LogP contribution is 2.14. The van der Waals surface area contributed by atoms with Crippen LogP contribution in [-0.4, -0.2) is 37.2 Å². The Hall–Kier alpha value is -3.41. The lowest BCUT2D eigenvalue weighted by Gasteiger charge is -2.18. The summed E-state index contributed by atoms with van der Waals surface area (Å²) in [4.78, 5) is 37.9. The van der Waals surface area contributed by atoms with E-state index in [9.17, 15) is 14.4 Å². The third-order valence-corrected chi connectivity index (χ3v) is 9.94. The second-order valence-electron chi connectivity index (χ2n) is 15.6. The van der Waals surface area contributed by atoms with Gasteiger partial charge in [0, 0.05) is 19.3 Å². The van der Waals surface area contributed by atoms with Crippen LogP contribution in [0.25, 0.3) is 0 Å². The quantitative estimate of drug-likeness (QED) is 0.0201. The highest BCUT2D eigenvalue weighted by molar-refractivity contribution is 5.71. The largest absolute Gasteiger partial charge is 0.462 e. The summed E-state index contributed by atoms with van der Waals surface area (Å²) < 4.78 is 16.7. The Morgan fingerprint density at radius 1 is 0.356 bits per heavy atom. The van der Waals surface area contributed by atoms with Gasteiger partial charge in [-0.25, -0.2) is 0 Å². The van der Waals surface area contributed by atoms with Gasteiger partial charge in [0.2, 0.25) is 0 Å². The number of allylic oxidation sites excluding steroid dienone is 14. The molecule has 0 amide bonds. The molecule has 0 saturated heterocycles. The van der Waals surface area contributed by atoms with Crippen molar-refractivity contribution >= 4 is 17.9 Å². The fraction of sp³-hybridized carbons (Fsp3) is 0.679. The number of unbranched alkanes of at least 4 members (excludes halogenated alkanes) is 19. The molecule has 1 unspecified atom stereocenters. The smallest absolute Gasteiger partial charge is 0.306 e. The molecule has 0 aromatic heterocycles. The van der Waals surface area contributed by atoms with Crippen LogP contribution in [0.1, 0.15) is 213 Å². The van der Waals surface area contributed by atoms with Crippen molar-refractivity contribution < 1.29 is 28.6 Å². The van der Waals surface area contributed by atoms with Crippen LogP contribution >= 0.6 is 0 Å². The Balaban J connectivity index is 4.43. The number of hydrogen-bond acceptors (Lipinski definition) is 6. The molecule has 0 fully saturated rings. The van der Waals surface area contributed by atoms with Gasteiger partial charge in [-0.15, -0.1) is 0 Å². The minimum atomic E-state index is -0.790.